The summed E-state index contributed by atoms with van der Waals surface area (Å²) in [6.45, 7) is 0. The van der Waals surface area contributed by atoms with E-state index in [1.54, 1.807) is 13.2 Å². The molecule has 0 bridgehead atoms. The lowest BCUT2D eigenvalue weighted by molar-refractivity contribution is 0.410. The Morgan fingerprint density at radius 1 is 1.55 bits per heavy atom. The highest BCUT2D eigenvalue weighted by molar-refractivity contribution is 7.79. The Balaban J connectivity index is 3.06. The minimum Gasteiger partial charge on any atom is -0.496 e. The van der Waals surface area contributed by atoms with Crippen molar-refractivity contribution in [2.75, 3.05) is 7.11 Å². The minimum atomic E-state index is -0.255. The first-order chi connectivity index (χ1) is 5.27. The molecule has 0 amide bonds. The average Bonchev–Trinajstić information content (AvgIpc) is 2.04. The van der Waals surface area contributed by atoms with Crippen LogP contribution in [0.4, 0.5) is 4.39 Å². The summed E-state index contributed by atoms with van der Waals surface area (Å²) in [5.41, 5.74) is 0.774. The van der Waals surface area contributed by atoms with Gasteiger partial charge >= 0.3 is 0 Å². The molecular weight excluding hydrogens is 163 g/mol. The van der Waals surface area contributed by atoms with Crippen LogP contribution in [-0.4, -0.2) is 7.11 Å². The van der Waals surface area contributed by atoms with Crippen LogP contribution in [0.2, 0.25) is 0 Å². The molecule has 0 saturated carbocycles. The Morgan fingerprint density at radius 2 is 2.27 bits per heavy atom. The van der Waals surface area contributed by atoms with Crippen LogP contribution in [0, 0.1) is 5.82 Å². The van der Waals surface area contributed by atoms with Gasteiger partial charge in [0.25, 0.3) is 0 Å². The Morgan fingerprint density at radius 3 is 2.82 bits per heavy atom. The van der Waals surface area contributed by atoms with Gasteiger partial charge in [-0.3, -0.25) is 0 Å². The zero-order valence-electron chi connectivity index (χ0n) is 6.17. The molecule has 1 nitrogen and oxygen atoms in total. The lowest BCUT2D eigenvalue weighted by Gasteiger charge is -2.04. The molecule has 0 heterocycles. The second-order valence-corrected chi connectivity index (χ2v) is 2.43. The number of hydrogen-bond donors (Lipinski definition) is 1. The maximum absolute atomic E-state index is 12.6. The summed E-state index contributed by atoms with van der Waals surface area (Å²) in [6, 6.07) is 4.39. The number of rotatable bonds is 2. The first-order valence-electron chi connectivity index (χ1n) is 3.21. The van der Waals surface area contributed by atoms with Gasteiger partial charge < -0.3 is 4.74 Å². The highest BCUT2D eigenvalue weighted by Gasteiger charge is 2.01. The quantitative estimate of drug-likeness (QED) is 0.673. The van der Waals surface area contributed by atoms with Crippen molar-refractivity contribution in [3.63, 3.8) is 0 Å². The van der Waals surface area contributed by atoms with E-state index in [2.05, 4.69) is 12.6 Å². The lowest BCUT2D eigenvalue weighted by atomic mass is 10.2. The number of halogens is 1. The van der Waals surface area contributed by atoms with Crippen LogP contribution < -0.4 is 4.74 Å². The molecule has 3 heteroatoms. The van der Waals surface area contributed by atoms with E-state index < -0.39 is 0 Å². The Labute approximate surface area is 70.6 Å². The third-order valence-corrected chi connectivity index (χ3v) is 1.75. The fraction of sp³-hybridized carbons (Fsp3) is 0.250. The SMILES string of the molecule is COc1ccc(F)cc1CS. The third kappa shape index (κ3) is 1.87. The zero-order chi connectivity index (χ0) is 8.27. The van der Waals surface area contributed by atoms with Gasteiger partial charge in [0.2, 0.25) is 0 Å². The van der Waals surface area contributed by atoms with Crippen molar-refractivity contribution in [1.29, 1.82) is 0 Å². The first kappa shape index (κ1) is 8.40. The molecule has 0 fully saturated rings. The van der Waals surface area contributed by atoms with Gasteiger partial charge in [0.1, 0.15) is 11.6 Å². The molecule has 0 aromatic heterocycles. The van der Waals surface area contributed by atoms with E-state index in [4.69, 9.17) is 4.74 Å². The molecule has 0 atom stereocenters. The fourth-order valence-corrected chi connectivity index (χ4v) is 1.12. The number of benzene rings is 1. The van der Waals surface area contributed by atoms with Gasteiger partial charge in [0, 0.05) is 11.3 Å². The summed E-state index contributed by atoms with van der Waals surface area (Å²) >= 11 is 4.03. The molecule has 0 unspecified atom stereocenters. The molecule has 0 radical (unpaired) electrons. The number of methoxy groups -OCH3 is 1. The molecule has 0 N–H and O–H groups in total. The molecule has 0 saturated heterocycles. The van der Waals surface area contributed by atoms with Crippen molar-refractivity contribution in [3.8, 4) is 5.75 Å². The van der Waals surface area contributed by atoms with Crippen LogP contribution >= 0.6 is 12.6 Å². The Bertz CT molecular complexity index is 250. The average molecular weight is 172 g/mol. The molecule has 60 valence electrons. The van der Waals surface area contributed by atoms with Crippen LogP contribution in [-0.2, 0) is 5.75 Å². The maximum atomic E-state index is 12.6. The van der Waals surface area contributed by atoms with Crippen molar-refractivity contribution in [1.82, 2.24) is 0 Å². The molecular formula is C8H9FOS. The molecule has 0 spiro atoms. The monoisotopic (exact) mass is 172 g/mol. The van der Waals surface area contributed by atoms with E-state index in [-0.39, 0.29) is 5.82 Å². The standard InChI is InChI=1S/C8H9FOS/c1-10-8-3-2-7(9)4-6(8)5-11/h2-4,11H,5H2,1H3. The highest BCUT2D eigenvalue weighted by atomic mass is 32.1. The minimum absolute atomic E-state index is 0.255. The summed E-state index contributed by atoms with van der Waals surface area (Å²) in [7, 11) is 1.56. The molecule has 0 aliphatic rings. The second kappa shape index (κ2) is 3.62. The van der Waals surface area contributed by atoms with E-state index in [0.29, 0.717) is 11.5 Å². The number of thiol groups is 1. The summed E-state index contributed by atoms with van der Waals surface area (Å²) < 4.78 is 17.6. The van der Waals surface area contributed by atoms with Crippen molar-refractivity contribution in [2.24, 2.45) is 0 Å². The topological polar surface area (TPSA) is 9.23 Å². The summed E-state index contributed by atoms with van der Waals surface area (Å²) in [5, 5.41) is 0. The molecule has 1 aromatic rings. The predicted octanol–water partition coefficient (Wildman–Crippen LogP) is 2.26. The number of hydrogen-bond acceptors (Lipinski definition) is 2. The van der Waals surface area contributed by atoms with Crippen LogP contribution in [0.25, 0.3) is 0 Å². The molecule has 1 aromatic carbocycles. The van der Waals surface area contributed by atoms with Gasteiger partial charge in [-0.25, -0.2) is 4.39 Å². The largest absolute Gasteiger partial charge is 0.496 e. The predicted molar refractivity (Wildman–Crippen MR) is 45.6 cm³/mol. The van der Waals surface area contributed by atoms with Gasteiger partial charge in [0.05, 0.1) is 7.11 Å². The summed E-state index contributed by atoms with van der Waals surface area (Å²) in [5.74, 6) is 0.914. The zero-order valence-corrected chi connectivity index (χ0v) is 7.07. The van der Waals surface area contributed by atoms with E-state index in [1.165, 1.54) is 12.1 Å². The van der Waals surface area contributed by atoms with Crippen LogP contribution in [0.3, 0.4) is 0 Å². The normalized spacial score (nSPS) is 9.73. The molecule has 0 aliphatic carbocycles. The van der Waals surface area contributed by atoms with Crippen molar-refractivity contribution >= 4 is 12.6 Å². The van der Waals surface area contributed by atoms with E-state index >= 15 is 0 Å². The van der Waals surface area contributed by atoms with E-state index in [9.17, 15) is 4.39 Å². The first-order valence-corrected chi connectivity index (χ1v) is 3.84. The Hall–Kier alpha value is -0.700. The van der Waals surface area contributed by atoms with Crippen LogP contribution in [0.1, 0.15) is 5.56 Å². The smallest absolute Gasteiger partial charge is 0.123 e. The van der Waals surface area contributed by atoms with Crippen molar-refractivity contribution in [3.05, 3.63) is 29.6 Å². The summed E-state index contributed by atoms with van der Waals surface area (Å²) in [6.07, 6.45) is 0. The Kier molecular flexibility index (Phi) is 2.76. The van der Waals surface area contributed by atoms with Crippen molar-refractivity contribution < 1.29 is 9.13 Å². The molecule has 11 heavy (non-hydrogen) atoms. The number of ether oxygens (including phenoxy) is 1. The molecule has 1 rings (SSSR count). The van der Waals surface area contributed by atoms with Gasteiger partial charge in [-0.1, -0.05) is 0 Å². The van der Waals surface area contributed by atoms with Crippen LogP contribution in [0.15, 0.2) is 18.2 Å². The summed E-state index contributed by atoms with van der Waals surface area (Å²) in [4.78, 5) is 0. The molecule has 0 aliphatic heterocycles. The van der Waals surface area contributed by atoms with Gasteiger partial charge in [-0.2, -0.15) is 12.6 Å². The highest BCUT2D eigenvalue weighted by Crippen LogP contribution is 2.20. The van der Waals surface area contributed by atoms with E-state index in [0.717, 1.165) is 5.56 Å². The van der Waals surface area contributed by atoms with Crippen LogP contribution in [0.5, 0.6) is 5.75 Å². The fourth-order valence-electron chi connectivity index (χ4n) is 0.871. The van der Waals surface area contributed by atoms with Gasteiger partial charge in [-0.05, 0) is 18.2 Å². The maximum Gasteiger partial charge on any atom is 0.123 e. The van der Waals surface area contributed by atoms with Crippen molar-refractivity contribution in [2.45, 2.75) is 5.75 Å². The second-order valence-electron chi connectivity index (χ2n) is 2.11. The lowest BCUT2D eigenvalue weighted by Crippen LogP contribution is -1.89. The van der Waals surface area contributed by atoms with Gasteiger partial charge in [0.15, 0.2) is 0 Å². The van der Waals surface area contributed by atoms with E-state index in [1.807, 2.05) is 0 Å². The van der Waals surface area contributed by atoms with Gasteiger partial charge in [-0.15, -0.1) is 0 Å². The third-order valence-electron chi connectivity index (χ3n) is 1.41.